The molecule has 2 aromatic rings. The van der Waals surface area contributed by atoms with Gasteiger partial charge in [0.1, 0.15) is 5.75 Å². The lowest BCUT2D eigenvalue weighted by atomic mass is 10.2. The Balaban J connectivity index is 2.45. The maximum absolute atomic E-state index is 11.7. The van der Waals surface area contributed by atoms with Crippen LogP contribution in [-0.2, 0) is 11.8 Å². The Morgan fingerprint density at radius 1 is 1.29 bits per heavy atom. The van der Waals surface area contributed by atoms with E-state index >= 15 is 0 Å². The van der Waals surface area contributed by atoms with Gasteiger partial charge >= 0.3 is 5.97 Å². The summed E-state index contributed by atoms with van der Waals surface area (Å²) in [5, 5.41) is 4.15. The number of aryl methyl sites for hydroxylation is 1. The van der Waals surface area contributed by atoms with Gasteiger partial charge in [0.05, 0.1) is 32.1 Å². The lowest BCUT2D eigenvalue weighted by Gasteiger charge is -2.09. The molecule has 0 radical (unpaired) electrons. The molecule has 0 bridgehead atoms. The van der Waals surface area contributed by atoms with Crippen LogP contribution in [0.1, 0.15) is 17.4 Å². The van der Waals surface area contributed by atoms with Gasteiger partial charge in [0.15, 0.2) is 5.69 Å². The zero-order valence-electron chi connectivity index (χ0n) is 12.4. The minimum atomic E-state index is -0.459. The second-order valence-electron chi connectivity index (χ2n) is 4.19. The van der Waals surface area contributed by atoms with Crippen molar-refractivity contribution in [3.8, 4) is 22.9 Å². The Morgan fingerprint density at radius 2 is 2.05 bits per heavy atom. The van der Waals surface area contributed by atoms with Crippen molar-refractivity contribution in [2.75, 3.05) is 20.8 Å². The Hall–Kier alpha value is -2.57. The first-order chi connectivity index (χ1) is 10.1. The molecule has 112 valence electrons. The van der Waals surface area contributed by atoms with Crippen molar-refractivity contribution >= 4 is 5.97 Å². The summed E-state index contributed by atoms with van der Waals surface area (Å²) < 4.78 is 16.9. The number of nitrogens with zero attached hydrogens (tertiary/aromatic N) is 3. The first-order valence-corrected chi connectivity index (χ1v) is 6.40. The van der Waals surface area contributed by atoms with E-state index in [4.69, 9.17) is 14.2 Å². The van der Waals surface area contributed by atoms with Crippen molar-refractivity contribution in [3.63, 3.8) is 0 Å². The summed E-state index contributed by atoms with van der Waals surface area (Å²) in [5.74, 6) is 0.573. The van der Waals surface area contributed by atoms with Gasteiger partial charge in [0.2, 0.25) is 5.88 Å². The SMILES string of the molecule is CCOC(=O)c1cc(-c2cnc(OC)cc2OC)n(C)n1. The maximum Gasteiger partial charge on any atom is 0.358 e. The van der Waals surface area contributed by atoms with E-state index < -0.39 is 5.97 Å². The zero-order chi connectivity index (χ0) is 15.4. The quantitative estimate of drug-likeness (QED) is 0.780. The first-order valence-electron chi connectivity index (χ1n) is 6.40. The molecule has 0 aliphatic heterocycles. The molecule has 2 rings (SSSR count). The fourth-order valence-corrected chi connectivity index (χ4v) is 1.92. The van der Waals surface area contributed by atoms with Crippen LogP contribution in [0.4, 0.5) is 0 Å². The Labute approximate surface area is 122 Å². The molecule has 0 amide bonds. The topological polar surface area (TPSA) is 75.5 Å². The lowest BCUT2D eigenvalue weighted by Crippen LogP contribution is -2.06. The highest BCUT2D eigenvalue weighted by Gasteiger charge is 2.18. The van der Waals surface area contributed by atoms with E-state index in [-0.39, 0.29) is 5.69 Å². The van der Waals surface area contributed by atoms with Gasteiger partial charge < -0.3 is 14.2 Å². The van der Waals surface area contributed by atoms with Crippen molar-refractivity contribution in [3.05, 3.63) is 24.0 Å². The summed E-state index contributed by atoms with van der Waals surface area (Å²) in [5.41, 5.74) is 1.65. The molecule has 0 aromatic carbocycles. The highest BCUT2D eigenvalue weighted by Crippen LogP contribution is 2.31. The van der Waals surface area contributed by atoms with Crippen LogP contribution in [0.25, 0.3) is 11.3 Å². The number of methoxy groups -OCH3 is 2. The van der Waals surface area contributed by atoms with Crippen LogP contribution in [0.5, 0.6) is 11.6 Å². The third kappa shape index (κ3) is 2.96. The normalized spacial score (nSPS) is 10.3. The van der Waals surface area contributed by atoms with E-state index in [0.717, 1.165) is 0 Å². The van der Waals surface area contributed by atoms with E-state index in [1.54, 1.807) is 44.1 Å². The van der Waals surface area contributed by atoms with E-state index in [1.807, 2.05) is 0 Å². The summed E-state index contributed by atoms with van der Waals surface area (Å²) in [6.07, 6.45) is 1.61. The third-order valence-electron chi connectivity index (χ3n) is 2.91. The molecule has 0 fully saturated rings. The molecule has 0 saturated carbocycles. The summed E-state index contributed by atoms with van der Waals surface area (Å²) in [4.78, 5) is 15.9. The van der Waals surface area contributed by atoms with E-state index in [1.165, 1.54) is 7.11 Å². The Bertz CT molecular complexity index is 652. The van der Waals surface area contributed by atoms with Crippen LogP contribution >= 0.6 is 0 Å². The van der Waals surface area contributed by atoms with Gasteiger partial charge in [-0.3, -0.25) is 4.68 Å². The summed E-state index contributed by atoms with van der Waals surface area (Å²) in [6, 6.07) is 3.32. The number of ether oxygens (including phenoxy) is 3. The second kappa shape index (κ2) is 6.25. The summed E-state index contributed by atoms with van der Waals surface area (Å²) >= 11 is 0. The molecule has 2 aromatic heterocycles. The van der Waals surface area contributed by atoms with Gasteiger partial charge in [-0.25, -0.2) is 9.78 Å². The van der Waals surface area contributed by atoms with E-state index in [9.17, 15) is 4.79 Å². The van der Waals surface area contributed by atoms with Crippen molar-refractivity contribution in [2.45, 2.75) is 6.92 Å². The third-order valence-corrected chi connectivity index (χ3v) is 2.91. The minimum Gasteiger partial charge on any atom is -0.496 e. The van der Waals surface area contributed by atoms with Crippen LogP contribution in [0.3, 0.4) is 0 Å². The van der Waals surface area contributed by atoms with Gasteiger partial charge in [-0.2, -0.15) is 5.10 Å². The second-order valence-corrected chi connectivity index (χ2v) is 4.19. The molecule has 2 heterocycles. The van der Waals surface area contributed by atoms with Crippen LogP contribution in [0.2, 0.25) is 0 Å². The van der Waals surface area contributed by atoms with Gasteiger partial charge in [-0.15, -0.1) is 0 Å². The largest absolute Gasteiger partial charge is 0.496 e. The molecule has 0 saturated heterocycles. The molecule has 7 heteroatoms. The molecule has 0 spiro atoms. The van der Waals surface area contributed by atoms with Gasteiger partial charge in [-0.1, -0.05) is 0 Å². The standard InChI is InChI=1S/C14H17N3O4/c1-5-21-14(18)10-6-11(17(2)16-10)9-8-15-13(20-4)7-12(9)19-3/h6-8H,5H2,1-4H3. The molecular formula is C14H17N3O4. The molecule has 0 atom stereocenters. The van der Waals surface area contributed by atoms with Gasteiger partial charge in [-0.05, 0) is 13.0 Å². The monoisotopic (exact) mass is 291 g/mol. The first kappa shape index (κ1) is 14.8. The summed E-state index contributed by atoms with van der Waals surface area (Å²) in [6.45, 7) is 2.05. The molecule has 21 heavy (non-hydrogen) atoms. The van der Waals surface area contributed by atoms with E-state index in [0.29, 0.717) is 29.5 Å². The predicted molar refractivity (Wildman–Crippen MR) is 75.5 cm³/mol. The van der Waals surface area contributed by atoms with Crippen LogP contribution in [0.15, 0.2) is 18.3 Å². The van der Waals surface area contributed by atoms with Crippen LogP contribution in [0, 0.1) is 0 Å². The molecule has 0 unspecified atom stereocenters. The average molecular weight is 291 g/mol. The van der Waals surface area contributed by atoms with Gasteiger partial charge in [0, 0.05) is 19.3 Å². The molecule has 0 aliphatic carbocycles. The zero-order valence-corrected chi connectivity index (χ0v) is 12.4. The number of rotatable bonds is 5. The molecular weight excluding hydrogens is 274 g/mol. The lowest BCUT2D eigenvalue weighted by molar-refractivity contribution is 0.0518. The summed E-state index contributed by atoms with van der Waals surface area (Å²) in [7, 11) is 4.83. The fraction of sp³-hybridized carbons (Fsp3) is 0.357. The van der Waals surface area contributed by atoms with Crippen LogP contribution < -0.4 is 9.47 Å². The maximum atomic E-state index is 11.7. The number of carbonyl (C=O) groups is 1. The number of hydrogen-bond acceptors (Lipinski definition) is 6. The number of carbonyl (C=O) groups excluding carboxylic acids is 1. The number of esters is 1. The highest BCUT2D eigenvalue weighted by atomic mass is 16.5. The van der Waals surface area contributed by atoms with Crippen molar-refractivity contribution in [2.24, 2.45) is 7.05 Å². The number of hydrogen-bond donors (Lipinski definition) is 0. The predicted octanol–water partition coefficient (Wildman–Crippen LogP) is 1.68. The Kier molecular flexibility index (Phi) is 4.42. The van der Waals surface area contributed by atoms with Crippen molar-refractivity contribution in [1.82, 2.24) is 14.8 Å². The number of pyridine rings is 1. The van der Waals surface area contributed by atoms with Crippen molar-refractivity contribution in [1.29, 1.82) is 0 Å². The van der Waals surface area contributed by atoms with Gasteiger partial charge in [0.25, 0.3) is 0 Å². The van der Waals surface area contributed by atoms with Crippen LogP contribution in [-0.4, -0.2) is 41.6 Å². The fourth-order valence-electron chi connectivity index (χ4n) is 1.92. The highest BCUT2D eigenvalue weighted by molar-refractivity contribution is 5.89. The van der Waals surface area contributed by atoms with E-state index in [2.05, 4.69) is 10.1 Å². The Morgan fingerprint density at radius 3 is 2.67 bits per heavy atom. The minimum absolute atomic E-state index is 0.243. The molecule has 0 N–H and O–H groups in total. The average Bonchev–Trinajstić information content (AvgIpc) is 2.88. The number of aromatic nitrogens is 3. The smallest absolute Gasteiger partial charge is 0.358 e. The molecule has 0 aliphatic rings. The molecule has 7 nitrogen and oxygen atoms in total. The van der Waals surface area contributed by atoms with Crippen molar-refractivity contribution < 1.29 is 19.0 Å².